The molecule has 1 aliphatic rings. The van der Waals surface area contributed by atoms with Crippen LogP contribution in [0.25, 0.3) is 11.0 Å². The number of piperidine rings is 1. The molecule has 152 valence electrons. The van der Waals surface area contributed by atoms with Crippen LogP contribution in [0.2, 0.25) is 5.02 Å². The Bertz CT molecular complexity index is 1070. The Morgan fingerprint density at radius 2 is 2.03 bits per heavy atom. The molecule has 4 rings (SSSR count). The maximum absolute atomic E-state index is 12.7. The summed E-state index contributed by atoms with van der Waals surface area (Å²) in [6.07, 6.45) is 5.13. The number of carbonyl (C=O) groups excluding carboxylic acids is 1. The van der Waals surface area contributed by atoms with Crippen molar-refractivity contribution in [1.82, 2.24) is 10.2 Å². The molecule has 1 saturated heterocycles. The fourth-order valence-corrected chi connectivity index (χ4v) is 3.95. The molecule has 1 aromatic carbocycles. The highest BCUT2D eigenvalue weighted by Crippen LogP contribution is 2.25. The molecule has 0 bridgehead atoms. The highest BCUT2D eigenvalue weighted by atomic mass is 35.5. The SMILES string of the molecule is Cc1cc2oc(C(=O)NC[C@@H](c3ccco3)N3CCCCC3)cc(=O)c2cc1Cl. The Balaban J connectivity index is 1.55. The average Bonchev–Trinajstić information content (AvgIpc) is 3.25. The third-order valence-electron chi connectivity index (χ3n) is 5.39. The van der Waals surface area contributed by atoms with Crippen LogP contribution in [0.3, 0.4) is 0 Å². The third-order valence-corrected chi connectivity index (χ3v) is 5.80. The number of benzene rings is 1. The molecule has 7 heteroatoms. The van der Waals surface area contributed by atoms with Crippen molar-refractivity contribution in [2.45, 2.75) is 32.2 Å². The number of rotatable bonds is 5. The molecule has 0 saturated carbocycles. The van der Waals surface area contributed by atoms with Crippen LogP contribution >= 0.6 is 11.6 Å². The number of amides is 1. The summed E-state index contributed by atoms with van der Waals surface area (Å²) in [5.74, 6) is 0.378. The molecular formula is C22H23ClN2O4. The number of halogens is 1. The Morgan fingerprint density at radius 1 is 1.24 bits per heavy atom. The minimum atomic E-state index is -0.426. The van der Waals surface area contributed by atoms with Crippen molar-refractivity contribution >= 4 is 28.5 Å². The molecule has 1 atom stereocenters. The van der Waals surface area contributed by atoms with Gasteiger partial charge in [-0.25, -0.2) is 0 Å². The normalized spacial score (nSPS) is 16.1. The van der Waals surface area contributed by atoms with Crippen molar-refractivity contribution in [2.24, 2.45) is 0 Å². The molecule has 3 heterocycles. The predicted octanol–water partition coefficient (Wildman–Crippen LogP) is 4.30. The summed E-state index contributed by atoms with van der Waals surface area (Å²) in [5, 5.41) is 3.75. The van der Waals surface area contributed by atoms with E-state index in [0.29, 0.717) is 22.5 Å². The topological polar surface area (TPSA) is 75.7 Å². The first kappa shape index (κ1) is 19.7. The minimum absolute atomic E-state index is 0.0129. The fraction of sp³-hybridized carbons (Fsp3) is 0.364. The highest BCUT2D eigenvalue weighted by molar-refractivity contribution is 6.32. The van der Waals surface area contributed by atoms with Crippen molar-refractivity contribution in [2.75, 3.05) is 19.6 Å². The van der Waals surface area contributed by atoms with Crippen LogP contribution in [-0.4, -0.2) is 30.4 Å². The first-order chi connectivity index (χ1) is 14.0. The lowest BCUT2D eigenvalue weighted by molar-refractivity contribution is 0.0888. The number of furan rings is 1. The van der Waals surface area contributed by atoms with Crippen molar-refractivity contribution in [3.05, 3.63) is 68.9 Å². The average molecular weight is 415 g/mol. The molecule has 6 nitrogen and oxygen atoms in total. The second-order valence-corrected chi connectivity index (χ2v) is 7.82. The zero-order valence-electron chi connectivity index (χ0n) is 16.2. The molecule has 0 aliphatic carbocycles. The summed E-state index contributed by atoms with van der Waals surface area (Å²) < 4.78 is 11.3. The Kier molecular flexibility index (Phi) is 5.74. The summed E-state index contributed by atoms with van der Waals surface area (Å²) in [5.41, 5.74) is 0.836. The van der Waals surface area contributed by atoms with Crippen LogP contribution in [0.5, 0.6) is 0 Å². The second kappa shape index (κ2) is 8.43. The van der Waals surface area contributed by atoms with E-state index < -0.39 is 5.91 Å². The van der Waals surface area contributed by atoms with E-state index in [4.69, 9.17) is 20.4 Å². The lowest BCUT2D eigenvalue weighted by Crippen LogP contribution is -2.40. The van der Waals surface area contributed by atoms with Gasteiger partial charge in [0, 0.05) is 17.6 Å². The predicted molar refractivity (Wildman–Crippen MR) is 111 cm³/mol. The highest BCUT2D eigenvalue weighted by Gasteiger charge is 2.25. The van der Waals surface area contributed by atoms with E-state index >= 15 is 0 Å². The fourth-order valence-electron chi connectivity index (χ4n) is 3.79. The number of aryl methyl sites for hydroxylation is 1. The van der Waals surface area contributed by atoms with Crippen LogP contribution in [0.1, 0.15) is 47.2 Å². The number of nitrogens with zero attached hydrogens (tertiary/aromatic N) is 1. The standard InChI is InChI=1S/C22H23ClN2O4/c1-14-10-20-15(11-16(14)23)18(26)12-21(29-20)22(27)24-13-17(19-6-5-9-28-19)25-7-3-2-4-8-25/h5-6,9-12,17H,2-4,7-8,13H2,1H3,(H,24,27)/t17-/m0/s1. The molecule has 0 radical (unpaired) electrons. The Hall–Kier alpha value is -2.57. The van der Waals surface area contributed by atoms with Gasteiger partial charge in [-0.1, -0.05) is 18.0 Å². The van der Waals surface area contributed by atoms with E-state index in [0.717, 1.165) is 37.3 Å². The molecular weight excluding hydrogens is 392 g/mol. The summed E-state index contributed by atoms with van der Waals surface area (Å²) in [6, 6.07) is 8.19. The molecule has 1 fully saturated rings. The van der Waals surface area contributed by atoms with Crippen molar-refractivity contribution < 1.29 is 13.6 Å². The van der Waals surface area contributed by atoms with Crippen molar-refractivity contribution in [3.63, 3.8) is 0 Å². The van der Waals surface area contributed by atoms with E-state index in [2.05, 4.69) is 10.2 Å². The van der Waals surface area contributed by atoms with Crippen LogP contribution in [0.4, 0.5) is 0 Å². The largest absolute Gasteiger partial charge is 0.468 e. The summed E-state index contributed by atoms with van der Waals surface area (Å²) >= 11 is 6.10. The van der Waals surface area contributed by atoms with Gasteiger partial charge in [-0.15, -0.1) is 0 Å². The summed E-state index contributed by atoms with van der Waals surface area (Å²) in [4.78, 5) is 27.5. The molecule has 29 heavy (non-hydrogen) atoms. The third kappa shape index (κ3) is 4.23. The van der Waals surface area contributed by atoms with Gasteiger partial charge < -0.3 is 14.2 Å². The van der Waals surface area contributed by atoms with Gasteiger partial charge in [0.15, 0.2) is 11.2 Å². The Labute approximate surface area is 173 Å². The molecule has 2 aromatic heterocycles. The Morgan fingerprint density at radius 3 is 2.76 bits per heavy atom. The number of fused-ring (bicyclic) bond motifs is 1. The van der Waals surface area contributed by atoms with E-state index in [1.807, 2.05) is 19.1 Å². The van der Waals surface area contributed by atoms with Crippen molar-refractivity contribution in [3.8, 4) is 0 Å². The summed E-state index contributed by atoms with van der Waals surface area (Å²) in [6.45, 7) is 4.12. The lowest BCUT2D eigenvalue weighted by Gasteiger charge is -2.33. The van der Waals surface area contributed by atoms with Gasteiger partial charge in [0.2, 0.25) is 0 Å². The van der Waals surface area contributed by atoms with Crippen LogP contribution < -0.4 is 10.7 Å². The summed E-state index contributed by atoms with van der Waals surface area (Å²) in [7, 11) is 0. The smallest absolute Gasteiger partial charge is 0.287 e. The van der Waals surface area contributed by atoms with Gasteiger partial charge in [-0.2, -0.15) is 0 Å². The van der Waals surface area contributed by atoms with Crippen LogP contribution in [-0.2, 0) is 0 Å². The number of nitrogens with one attached hydrogen (secondary N) is 1. The maximum Gasteiger partial charge on any atom is 0.287 e. The monoisotopic (exact) mass is 414 g/mol. The van der Waals surface area contributed by atoms with E-state index in [-0.39, 0.29) is 17.2 Å². The van der Waals surface area contributed by atoms with Gasteiger partial charge in [-0.05, 0) is 62.7 Å². The van der Waals surface area contributed by atoms with Crippen molar-refractivity contribution in [1.29, 1.82) is 0 Å². The van der Waals surface area contributed by atoms with E-state index in [1.54, 1.807) is 18.4 Å². The molecule has 0 spiro atoms. The number of carbonyl (C=O) groups is 1. The molecule has 1 aliphatic heterocycles. The first-order valence-electron chi connectivity index (χ1n) is 9.82. The van der Waals surface area contributed by atoms with Crippen LogP contribution in [0, 0.1) is 6.92 Å². The quantitative estimate of drug-likeness (QED) is 0.673. The van der Waals surface area contributed by atoms with Gasteiger partial charge in [0.25, 0.3) is 5.91 Å². The zero-order valence-corrected chi connectivity index (χ0v) is 17.0. The number of likely N-dealkylation sites (tertiary alicyclic amines) is 1. The van der Waals surface area contributed by atoms with E-state index in [9.17, 15) is 9.59 Å². The molecule has 1 amide bonds. The maximum atomic E-state index is 12.7. The zero-order chi connectivity index (χ0) is 20.4. The minimum Gasteiger partial charge on any atom is -0.468 e. The van der Waals surface area contributed by atoms with E-state index in [1.165, 1.54) is 12.5 Å². The van der Waals surface area contributed by atoms with Gasteiger partial charge in [0.05, 0.1) is 17.7 Å². The molecule has 0 unspecified atom stereocenters. The number of hydrogen-bond donors (Lipinski definition) is 1. The number of hydrogen-bond acceptors (Lipinski definition) is 5. The van der Waals surface area contributed by atoms with Gasteiger partial charge >= 0.3 is 0 Å². The second-order valence-electron chi connectivity index (χ2n) is 7.41. The molecule has 3 aromatic rings. The lowest BCUT2D eigenvalue weighted by atomic mass is 10.1. The first-order valence-corrected chi connectivity index (χ1v) is 10.2. The molecule has 1 N–H and O–H groups in total. The van der Waals surface area contributed by atoms with Gasteiger partial charge in [0.1, 0.15) is 11.3 Å². The van der Waals surface area contributed by atoms with Crippen LogP contribution in [0.15, 0.2) is 50.2 Å². The van der Waals surface area contributed by atoms with Gasteiger partial charge in [-0.3, -0.25) is 14.5 Å².